The van der Waals surface area contributed by atoms with E-state index in [4.69, 9.17) is 4.98 Å². The fraction of sp³-hybridized carbons (Fsp3) is 0.593. The lowest BCUT2D eigenvalue weighted by molar-refractivity contribution is 0.135. The SMILES string of the molecule is CCc1cc(O)ccc1C1CCC2C(c3ncc(C4=CCN(CC(C)C)CC4)[nH]3)NNC2C1F. The Morgan fingerprint density at radius 3 is 2.82 bits per heavy atom. The van der Waals surface area contributed by atoms with Crippen LogP contribution in [-0.2, 0) is 6.42 Å². The molecule has 0 bridgehead atoms. The Kier molecular flexibility index (Phi) is 6.78. The number of fused-ring (bicyclic) bond motifs is 1. The number of alkyl halides is 1. The maximum Gasteiger partial charge on any atom is 0.125 e. The minimum absolute atomic E-state index is 0.0231. The van der Waals surface area contributed by atoms with Crippen molar-refractivity contribution in [3.05, 3.63) is 53.1 Å². The molecule has 1 aromatic carbocycles. The number of aromatic nitrogens is 2. The minimum Gasteiger partial charge on any atom is -0.508 e. The zero-order valence-electron chi connectivity index (χ0n) is 20.5. The van der Waals surface area contributed by atoms with Crippen LogP contribution in [0.5, 0.6) is 5.75 Å². The predicted octanol–water partition coefficient (Wildman–Crippen LogP) is 4.47. The summed E-state index contributed by atoms with van der Waals surface area (Å²) in [5.41, 5.74) is 11.1. The number of benzene rings is 1. The lowest BCUT2D eigenvalue weighted by Gasteiger charge is -2.36. The van der Waals surface area contributed by atoms with Gasteiger partial charge in [0.1, 0.15) is 17.7 Å². The van der Waals surface area contributed by atoms with E-state index >= 15 is 4.39 Å². The number of nitrogens with zero attached hydrogens (tertiary/aromatic N) is 2. The van der Waals surface area contributed by atoms with E-state index in [1.54, 1.807) is 12.1 Å². The largest absolute Gasteiger partial charge is 0.508 e. The second-order valence-corrected chi connectivity index (χ2v) is 10.6. The highest BCUT2D eigenvalue weighted by Gasteiger charge is 2.48. The third-order valence-corrected chi connectivity index (χ3v) is 7.89. The van der Waals surface area contributed by atoms with E-state index in [0.29, 0.717) is 5.92 Å². The molecule has 0 amide bonds. The van der Waals surface area contributed by atoms with Gasteiger partial charge in [0, 0.05) is 31.5 Å². The van der Waals surface area contributed by atoms with Crippen molar-refractivity contribution in [3.8, 4) is 5.75 Å². The van der Waals surface area contributed by atoms with E-state index in [9.17, 15) is 5.11 Å². The maximum absolute atomic E-state index is 15.8. The molecule has 1 aromatic heterocycles. The number of hydrazine groups is 1. The molecule has 5 unspecified atom stereocenters. The number of phenols is 1. The van der Waals surface area contributed by atoms with Crippen LogP contribution in [0, 0.1) is 11.8 Å². The topological polar surface area (TPSA) is 76.2 Å². The second-order valence-electron chi connectivity index (χ2n) is 10.6. The molecule has 2 aliphatic heterocycles. The van der Waals surface area contributed by atoms with Crippen molar-refractivity contribution in [1.29, 1.82) is 0 Å². The summed E-state index contributed by atoms with van der Waals surface area (Å²) in [6.07, 6.45) is 6.80. The number of aromatic amines is 1. The summed E-state index contributed by atoms with van der Waals surface area (Å²) in [6, 6.07) is 5.09. The third-order valence-electron chi connectivity index (χ3n) is 7.89. The molecule has 3 heterocycles. The lowest BCUT2D eigenvalue weighted by Crippen LogP contribution is -2.45. The van der Waals surface area contributed by atoms with Crippen LogP contribution in [0.25, 0.3) is 5.57 Å². The van der Waals surface area contributed by atoms with Crippen molar-refractivity contribution in [2.75, 3.05) is 19.6 Å². The monoisotopic (exact) mass is 467 g/mol. The van der Waals surface area contributed by atoms with E-state index in [1.807, 2.05) is 12.3 Å². The Morgan fingerprint density at radius 1 is 1.24 bits per heavy atom. The van der Waals surface area contributed by atoms with Crippen LogP contribution in [0.15, 0.2) is 30.5 Å². The highest BCUT2D eigenvalue weighted by molar-refractivity contribution is 5.63. The Hall–Kier alpha value is -2.22. The third kappa shape index (κ3) is 4.53. The molecule has 34 heavy (non-hydrogen) atoms. The average Bonchev–Trinajstić information content (AvgIpc) is 3.47. The molecule has 3 aliphatic rings. The molecule has 1 saturated carbocycles. The summed E-state index contributed by atoms with van der Waals surface area (Å²) >= 11 is 0. The van der Waals surface area contributed by atoms with Gasteiger partial charge < -0.3 is 10.1 Å². The summed E-state index contributed by atoms with van der Waals surface area (Å²) in [5, 5.41) is 9.85. The Labute approximate surface area is 202 Å². The second kappa shape index (κ2) is 9.80. The van der Waals surface area contributed by atoms with Crippen molar-refractivity contribution in [2.45, 2.75) is 70.6 Å². The van der Waals surface area contributed by atoms with Crippen LogP contribution in [0.1, 0.15) is 74.6 Å². The highest BCUT2D eigenvalue weighted by atomic mass is 19.1. The number of rotatable bonds is 6. The molecule has 184 valence electrons. The van der Waals surface area contributed by atoms with E-state index in [-0.39, 0.29) is 29.7 Å². The summed E-state index contributed by atoms with van der Waals surface area (Å²) in [7, 11) is 0. The molecular weight excluding hydrogens is 429 g/mol. The minimum atomic E-state index is -0.992. The zero-order chi connectivity index (χ0) is 23.8. The molecule has 0 radical (unpaired) electrons. The first-order valence-corrected chi connectivity index (χ1v) is 12.9. The average molecular weight is 468 g/mol. The van der Waals surface area contributed by atoms with Gasteiger partial charge in [0.05, 0.1) is 24.0 Å². The van der Waals surface area contributed by atoms with Gasteiger partial charge in [0.25, 0.3) is 0 Å². The van der Waals surface area contributed by atoms with Crippen molar-refractivity contribution in [2.24, 2.45) is 11.8 Å². The van der Waals surface area contributed by atoms with Gasteiger partial charge in [-0.1, -0.05) is 32.9 Å². The number of imidazole rings is 1. The maximum atomic E-state index is 15.8. The molecule has 6 nitrogen and oxygen atoms in total. The van der Waals surface area contributed by atoms with E-state index < -0.39 is 6.17 Å². The van der Waals surface area contributed by atoms with Gasteiger partial charge in [-0.05, 0) is 60.4 Å². The molecule has 5 rings (SSSR count). The molecule has 1 saturated heterocycles. The van der Waals surface area contributed by atoms with Gasteiger partial charge in [-0.25, -0.2) is 14.8 Å². The van der Waals surface area contributed by atoms with Crippen molar-refractivity contribution in [1.82, 2.24) is 25.7 Å². The number of aryl methyl sites for hydroxylation is 1. The number of hydrogen-bond acceptors (Lipinski definition) is 5. The number of halogens is 1. The predicted molar refractivity (Wildman–Crippen MR) is 133 cm³/mol. The molecule has 7 heteroatoms. The molecular formula is C27H38FN5O. The van der Waals surface area contributed by atoms with Crippen molar-refractivity contribution < 1.29 is 9.50 Å². The summed E-state index contributed by atoms with van der Waals surface area (Å²) in [5.74, 6) is 1.82. The molecule has 5 atom stereocenters. The van der Waals surface area contributed by atoms with Crippen LogP contribution in [-0.4, -0.2) is 51.8 Å². The van der Waals surface area contributed by atoms with Crippen molar-refractivity contribution >= 4 is 5.57 Å². The number of nitrogens with one attached hydrogen (secondary N) is 3. The first-order chi connectivity index (χ1) is 16.4. The normalized spacial score (nSPS) is 29.9. The van der Waals surface area contributed by atoms with E-state index in [2.05, 4.69) is 47.6 Å². The number of aromatic hydroxyl groups is 1. The van der Waals surface area contributed by atoms with Gasteiger partial charge in [0.15, 0.2) is 0 Å². The number of H-pyrrole nitrogens is 1. The van der Waals surface area contributed by atoms with Crippen LogP contribution in [0.2, 0.25) is 0 Å². The molecule has 1 aliphatic carbocycles. The number of phenolic OH excluding ortho intramolecular Hbond substituents is 1. The van der Waals surface area contributed by atoms with Gasteiger partial charge in [-0.15, -0.1) is 0 Å². The quantitative estimate of drug-likeness (QED) is 0.504. The highest BCUT2D eigenvalue weighted by Crippen LogP contribution is 2.45. The summed E-state index contributed by atoms with van der Waals surface area (Å²) < 4.78 is 15.8. The Bertz CT molecular complexity index is 1030. The molecule has 4 N–H and O–H groups in total. The fourth-order valence-corrected chi connectivity index (χ4v) is 6.21. The summed E-state index contributed by atoms with van der Waals surface area (Å²) in [4.78, 5) is 10.7. The van der Waals surface area contributed by atoms with Crippen LogP contribution < -0.4 is 10.9 Å². The summed E-state index contributed by atoms with van der Waals surface area (Å²) in [6.45, 7) is 9.78. The molecule has 2 fully saturated rings. The van der Waals surface area contributed by atoms with Crippen molar-refractivity contribution in [3.63, 3.8) is 0 Å². The Balaban J connectivity index is 1.27. The molecule has 2 aromatic rings. The fourth-order valence-electron chi connectivity index (χ4n) is 6.21. The van der Waals surface area contributed by atoms with Crippen LogP contribution >= 0.6 is 0 Å². The van der Waals surface area contributed by atoms with Crippen LogP contribution in [0.3, 0.4) is 0 Å². The number of hydrogen-bond donors (Lipinski definition) is 4. The van der Waals surface area contributed by atoms with Gasteiger partial charge in [-0.2, -0.15) is 0 Å². The van der Waals surface area contributed by atoms with E-state index in [0.717, 1.165) is 68.0 Å². The first-order valence-electron chi connectivity index (χ1n) is 12.9. The standard InChI is InChI=1S/C27H38FN5O/c1-4-17-13-19(34)5-6-20(17)21-7-8-22-25(24(21)28)31-32-26(22)27-29-14-23(30-27)18-9-11-33(12-10-18)15-16(2)3/h5-6,9,13-14,16,21-22,24-26,31-32,34H,4,7-8,10-12,15H2,1-3H3,(H,29,30). The first kappa shape index (κ1) is 23.5. The molecule has 0 spiro atoms. The van der Waals surface area contributed by atoms with Gasteiger partial charge >= 0.3 is 0 Å². The Morgan fingerprint density at radius 2 is 2.09 bits per heavy atom. The van der Waals surface area contributed by atoms with Gasteiger partial charge in [-0.3, -0.25) is 10.3 Å². The van der Waals surface area contributed by atoms with Gasteiger partial charge in [0.2, 0.25) is 0 Å². The van der Waals surface area contributed by atoms with E-state index in [1.165, 1.54) is 5.57 Å². The lowest BCUT2D eigenvalue weighted by atomic mass is 9.71. The van der Waals surface area contributed by atoms with Crippen LogP contribution in [0.4, 0.5) is 4.39 Å². The smallest absolute Gasteiger partial charge is 0.125 e. The zero-order valence-corrected chi connectivity index (χ0v) is 20.5.